The SMILES string of the molecule is CCc1ccc([C@@H](O)CCC2OCCCO2)cc1. The van der Waals surface area contributed by atoms with Crippen LogP contribution in [-0.4, -0.2) is 24.6 Å². The number of aliphatic hydroxyl groups is 1. The van der Waals surface area contributed by atoms with Gasteiger partial charge in [0.2, 0.25) is 0 Å². The molecule has 1 aliphatic rings. The van der Waals surface area contributed by atoms with Gasteiger partial charge in [0.1, 0.15) is 0 Å². The van der Waals surface area contributed by atoms with Crippen molar-refractivity contribution >= 4 is 0 Å². The van der Waals surface area contributed by atoms with Gasteiger partial charge in [-0.25, -0.2) is 0 Å². The molecule has 0 spiro atoms. The number of benzene rings is 1. The van der Waals surface area contributed by atoms with E-state index in [1.165, 1.54) is 5.56 Å². The van der Waals surface area contributed by atoms with Crippen LogP contribution in [-0.2, 0) is 15.9 Å². The van der Waals surface area contributed by atoms with E-state index in [0.29, 0.717) is 6.42 Å². The molecule has 18 heavy (non-hydrogen) atoms. The van der Waals surface area contributed by atoms with Crippen LogP contribution in [0.4, 0.5) is 0 Å². The molecule has 0 amide bonds. The fourth-order valence-corrected chi connectivity index (χ4v) is 2.14. The van der Waals surface area contributed by atoms with Gasteiger partial charge in [0.15, 0.2) is 6.29 Å². The van der Waals surface area contributed by atoms with Gasteiger partial charge >= 0.3 is 0 Å². The summed E-state index contributed by atoms with van der Waals surface area (Å²) in [5.74, 6) is 0. The van der Waals surface area contributed by atoms with Crippen molar-refractivity contribution in [1.82, 2.24) is 0 Å². The second kappa shape index (κ2) is 6.88. The molecular formula is C15H22O3. The van der Waals surface area contributed by atoms with E-state index in [9.17, 15) is 5.11 Å². The van der Waals surface area contributed by atoms with Gasteiger partial charge in [-0.2, -0.15) is 0 Å². The van der Waals surface area contributed by atoms with E-state index < -0.39 is 6.10 Å². The zero-order chi connectivity index (χ0) is 12.8. The fourth-order valence-electron chi connectivity index (χ4n) is 2.14. The lowest BCUT2D eigenvalue weighted by Crippen LogP contribution is -2.25. The molecule has 0 saturated carbocycles. The summed E-state index contributed by atoms with van der Waals surface area (Å²) >= 11 is 0. The van der Waals surface area contributed by atoms with Crippen molar-refractivity contribution in [2.24, 2.45) is 0 Å². The smallest absolute Gasteiger partial charge is 0.157 e. The van der Waals surface area contributed by atoms with Crippen LogP contribution in [0.3, 0.4) is 0 Å². The maximum Gasteiger partial charge on any atom is 0.157 e. The molecule has 1 aromatic rings. The van der Waals surface area contributed by atoms with Crippen molar-refractivity contribution in [3.8, 4) is 0 Å². The van der Waals surface area contributed by atoms with Crippen LogP contribution in [0.25, 0.3) is 0 Å². The van der Waals surface area contributed by atoms with Crippen molar-refractivity contribution in [2.45, 2.75) is 45.0 Å². The van der Waals surface area contributed by atoms with Crippen molar-refractivity contribution in [2.75, 3.05) is 13.2 Å². The highest BCUT2D eigenvalue weighted by molar-refractivity contribution is 5.24. The molecular weight excluding hydrogens is 228 g/mol. The summed E-state index contributed by atoms with van der Waals surface area (Å²) in [4.78, 5) is 0. The van der Waals surface area contributed by atoms with Gasteiger partial charge in [0.05, 0.1) is 19.3 Å². The third kappa shape index (κ3) is 3.80. The van der Waals surface area contributed by atoms with E-state index in [2.05, 4.69) is 19.1 Å². The van der Waals surface area contributed by atoms with Crippen LogP contribution < -0.4 is 0 Å². The lowest BCUT2D eigenvalue weighted by molar-refractivity contribution is -0.183. The Balaban J connectivity index is 1.80. The second-order valence-electron chi connectivity index (χ2n) is 4.71. The average Bonchev–Trinajstić information content (AvgIpc) is 2.46. The highest BCUT2D eigenvalue weighted by Crippen LogP contribution is 2.22. The van der Waals surface area contributed by atoms with Crippen LogP contribution in [0.15, 0.2) is 24.3 Å². The van der Waals surface area contributed by atoms with E-state index in [-0.39, 0.29) is 6.29 Å². The van der Waals surface area contributed by atoms with Crippen molar-refractivity contribution in [1.29, 1.82) is 0 Å². The summed E-state index contributed by atoms with van der Waals surface area (Å²) < 4.78 is 10.9. The van der Waals surface area contributed by atoms with Crippen LogP contribution in [0.2, 0.25) is 0 Å². The number of hydrogen-bond acceptors (Lipinski definition) is 3. The van der Waals surface area contributed by atoms with E-state index in [4.69, 9.17) is 9.47 Å². The van der Waals surface area contributed by atoms with Crippen molar-refractivity contribution in [3.63, 3.8) is 0 Å². The van der Waals surface area contributed by atoms with Crippen molar-refractivity contribution in [3.05, 3.63) is 35.4 Å². The zero-order valence-electron chi connectivity index (χ0n) is 11.0. The lowest BCUT2D eigenvalue weighted by Gasteiger charge is -2.24. The summed E-state index contributed by atoms with van der Waals surface area (Å²) in [5, 5.41) is 10.1. The van der Waals surface area contributed by atoms with Gasteiger partial charge in [0, 0.05) is 6.42 Å². The van der Waals surface area contributed by atoms with E-state index in [1.54, 1.807) is 0 Å². The van der Waals surface area contributed by atoms with Gasteiger partial charge in [-0.1, -0.05) is 31.2 Å². The van der Waals surface area contributed by atoms with Crippen LogP contribution in [0, 0.1) is 0 Å². The van der Waals surface area contributed by atoms with Gasteiger partial charge < -0.3 is 14.6 Å². The maximum atomic E-state index is 10.1. The molecule has 0 aromatic heterocycles. The molecule has 3 nitrogen and oxygen atoms in total. The van der Waals surface area contributed by atoms with Crippen LogP contribution >= 0.6 is 0 Å². The summed E-state index contributed by atoms with van der Waals surface area (Å²) in [6.45, 7) is 3.67. The summed E-state index contributed by atoms with van der Waals surface area (Å²) in [6.07, 6.45) is 2.86. The Morgan fingerprint density at radius 2 is 1.89 bits per heavy atom. The minimum Gasteiger partial charge on any atom is -0.388 e. The van der Waals surface area contributed by atoms with E-state index >= 15 is 0 Å². The molecule has 1 N–H and O–H groups in total. The number of aryl methyl sites for hydroxylation is 1. The standard InChI is InChI=1S/C15H22O3/c1-2-12-4-6-13(7-5-12)14(16)8-9-15-17-10-3-11-18-15/h4-7,14-16H,2-3,8-11H2,1H3/t14-/m0/s1. The number of ether oxygens (including phenoxy) is 2. The first-order valence-electron chi connectivity index (χ1n) is 6.79. The first kappa shape index (κ1) is 13.5. The van der Waals surface area contributed by atoms with Gasteiger partial charge in [-0.3, -0.25) is 0 Å². The largest absolute Gasteiger partial charge is 0.388 e. The Kier molecular flexibility index (Phi) is 5.17. The minimum atomic E-state index is -0.426. The molecule has 1 aromatic carbocycles. The predicted molar refractivity (Wildman–Crippen MR) is 70.3 cm³/mol. The molecule has 1 atom stereocenters. The summed E-state index contributed by atoms with van der Waals surface area (Å²) in [7, 11) is 0. The Hall–Kier alpha value is -0.900. The monoisotopic (exact) mass is 250 g/mol. The molecule has 0 aliphatic carbocycles. The Morgan fingerprint density at radius 3 is 2.50 bits per heavy atom. The Morgan fingerprint density at radius 1 is 1.22 bits per heavy atom. The zero-order valence-corrected chi connectivity index (χ0v) is 11.0. The van der Waals surface area contributed by atoms with Crippen LogP contribution in [0.5, 0.6) is 0 Å². The van der Waals surface area contributed by atoms with Crippen LogP contribution in [0.1, 0.15) is 43.4 Å². The molecule has 0 unspecified atom stereocenters. The minimum absolute atomic E-state index is 0.136. The average molecular weight is 250 g/mol. The molecule has 2 rings (SSSR count). The second-order valence-corrected chi connectivity index (χ2v) is 4.71. The molecule has 1 saturated heterocycles. The van der Waals surface area contributed by atoms with Gasteiger partial charge in [-0.05, 0) is 30.4 Å². The summed E-state index contributed by atoms with van der Waals surface area (Å²) in [6, 6.07) is 8.16. The molecule has 0 bridgehead atoms. The number of hydrogen-bond donors (Lipinski definition) is 1. The molecule has 1 aliphatic heterocycles. The first-order chi connectivity index (χ1) is 8.79. The molecule has 100 valence electrons. The van der Waals surface area contributed by atoms with Crippen molar-refractivity contribution < 1.29 is 14.6 Å². The first-order valence-corrected chi connectivity index (χ1v) is 6.79. The normalized spacial score (nSPS) is 18.8. The number of rotatable bonds is 5. The highest BCUT2D eigenvalue weighted by atomic mass is 16.7. The quantitative estimate of drug-likeness (QED) is 0.873. The number of aliphatic hydroxyl groups excluding tert-OH is 1. The van der Waals surface area contributed by atoms with Gasteiger partial charge in [-0.15, -0.1) is 0 Å². The predicted octanol–water partition coefficient (Wildman–Crippen LogP) is 2.83. The molecule has 0 radical (unpaired) electrons. The van der Waals surface area contributed by atoms with E-state index in [0.717, 1.165) is 38.0 Å². The fraction of sp³-hybridized carbons (Fsp3) is 0.600. The maximum absolute atomic E-state index is 10.1. The summed E-state index contributed by atoms with van der Waals surface area (Å²) in [5.41, 5.74) is 2.27. The molecule has 3 heteroatoms. The third-order valence-corrected chi connectivity index (χ3v) is 3.34. The lowest BCUT2D eigenvalue weighted by atomic mass is 10.0. The third-order valence-electron chi connectivity index (χ3n) is 3.34. The topological polar surface area (TPSA) is 38.7 Å². The molecule has 1 heterocycles. The Labute approximate surface area is 109 Å². The highest BCUT2D eigenvalue weighted by Gasteiger charge is 2.16. The van der Waals surface area contributed by atoms with E-state index in [1.807, 2.05) is 12.1 Å². The van der Waals surface area contributed by atoms with Gasteiger partial charge in [0.25, 0.3) is 0 Å². The Bertz CT molecular complexity index is 341. The molecule has 1 fully saturated rings.